The molecule has 0 bridgehead atoms. The molecule has 0 saturated heterocycles. The number of aromatic nitrogens is 3. The number of rotatable bonds is 6. The van der Waals surface area contributed by atoms with Crippen LogP contribution >= 0.6 is 12.4 Å². The normalized spacial score (nSPS) is 9.65. The van der Waals surface area contributed by atoms with Crippen LogP contribution in [0.2, 0.25) is 0 Å². The van der Waals surface area contributed by atoms with E-state index >= 15 is 0 Å². The van der Waals surface area contributed by atoms with E-state index in [2.05, 4.69) is 20.7 Å². The molecule has 1 amide bonds. The lowest BCUT2D eigenvalue weighted by Gasteiger charge is -2.06. The van der Waals surface area contributed by atoms with Crippen LogP contribution in [0.4, 0.5) is 5.69 Å². The minimum absolute atomic E-state index is 0. The highest BCUT2D eigenvalue weighted by atomic mass is 35.5. The van der Waals surface area contributed by atoms with Crippen molar-refractivity contribution in [3.05, 3.63) is 42.5 Å². The van der Waals surface area contributed by atoms with Gasteiger partial charge < -0.3 is 10.6 Å². The third-order valence-electron chi connectivity index (χ3n) is 2.54. The summed E-state index contributed by atoms with van der Waals surface area (Å²) in [7, 11) is 1.82. The first-order valence-corrected chi connectivity index (χ1v) is 6.14. The molecule has 1 heterocycles. The highest BCUT2D eigenvalue weighted by Crippen LogP contribution is 2.03. The van der Waals surface area contributed by atoms with Crippen molar-refractivity contribution in [2.75, 3.05) is 18.4 Å². The van der Waals surface area contributed by atoms with Gasteiger partial charge in [-0.05, 0) is 12.1 Å². The maximum atomic E-state index is 11.6. The predicted octanol–water partition coefficient (Wildman–Crippen LogP) is 1.01. The third-order valence-corrected chi connectivity index (χ3v) is 2.54. The van der Waals surface area contributed by atoms with Crippen molar-refractivity contribution in [1.29, 1.82) is 0 Å². The second kappa shape index (κ2) is 8.16. The molecule has 6 nitrogen and oxygen atoms in total. The summed E-state index contributed by atoms with van der Waals surface area (Å²) in [6, 6.07) is 9.63. The Balaban J connectivity index is 0.00000200. The summed E-state index contributed by atoms with van der Waals surface area (Å²) >= 11 is 0. The van der Waals surface area contributed by atoms with Gasteiger partial charge in [0, 0.05) is 25.7 Å². The van der Waals surface area contributed by atoms with Crippen molar-refractivity contribution in [2.24, 2.45) is 7.05 Å². The molecular weight excluding hydrogens is 278 g/mol. The van der Waals surface area contributed by atoms with E-state index in [1.54, 1.807) is 11.0 Å². The van der Waals surface area contributed by atoms with E-state index in [1.807, 2.05) is 37.4 Å². The molecule has 0 aliphatic rings. The minimum atomic E-state index is -0.0419. The number of nitrogens with zero attached hydrogens (tertiary/aromatic N) is 3. The van der Waals surface area contributed by atoms with E-state index in [-0.39, 0.29) is 24.9 Å². The van der Waals surface area contributed by atoms with Crippen molar-refractivity contribution < 1.29 is 4.79 Å². The van der Waals surface area contributed by atoms with E-state index in [1.165, 1.54) is 0 Å². The molecule has 108 valence electrons. The van der Waals surface area contributed by atoms with Gasteiger partial charge in [0.25, 0.3) is 0 Å². The number of hydrogen-bond donors (Lipinski definition) is 2. The molecule has 0 spiro atoms. The Hall–Kier alpha value is -2.08. The van der Waals surface area contributed by atoms with E-state index in [0.29, 0.717) is 13.0 Å². The van der Waals surface area contributed by atoms with Crippen LogP contribution in [0.3, 0.4) is 0 Å². The van der Waals surface area contributed by atoms with E-state index in [9.17, 15) is 4.79 Å². The maximum Gasteiger partial charge on any atom is 0.239 e. The first-order valence-electron chi connectivity index (χ1n) is 6.14. The number of carbonyl (C=O) groups is 1. The molecule has 20 heavy (non-hydrogen) atoms. The molecule has 0 atom stereocenters. The summed E-state index contributed by atoms with van der Waals surface area (Å²) in [5.41, 5.74) is 0.934. The van der Waals surface area contributed by atoms with Crippen LogP contribution in [0.15, 0.2) is 36.7 Å². The van der Waals surface area contributed by atoms with Crippen LogP contribution in [0.5, 0.6) is 0 Å². The molecular formula is C13H18ClN5O. The monoisotopic (exact) mass is 295 g/mol. The second-order valence-corrected chi connectivity index (χ2v) is 4.15. The smallest absolute Gasteiger partial charge is 0.239 e. The Bertz CT molecular complexity index is 529. The summed E-state index contributed by atoms with van der Waals surface area (Å²) in [4.78, 5) is 15.7. The van der Waals surface area contributed by atoms with E-state index < -0.39 is 0 Å². The van der Waals surface area contributed by atoms with Crippen molar-refractivity contribution in [3.63, 3.8) is 0 Å². The lowest BCUT2D eigenvalue weighted by Crippen LogP contribution is -2.31. The number of carbonyl (C=O) groups excluding carboxylic acids is 1. The van der Waals surface area contributed by atoms with Gasteiger partial charge in [-0.1, -0.05) is 18.2 Å². The summed E-state index contributed by atoms with van der Waals surface area (Å²) in [5.74, 6) is 0.693. The van der Waals surface area contributed by atoms with Crippen molar-refractivity contribution in [1.82, 2.24) is 20.1 Å². The highest BCUT2D eigenvalue weighted by Gasteiger charge is 2.02. The Morgan fingerprint density at radius 1 is 1.30 bits per heavy atom. The number of halogens is 1. The zero-order valence-corrected chi connectivity index (χ0v) is 12.1. The van der Waals surface area contributed by atoms with Gasteiger partial charge in [0.2, 0.25) is 5.91 Å². The minimum Gasteiger partial charge on any atom is -0.376 e. The SMILES string of the molecule is Cl.Cn1cnc(CCNC(=O)CNc2ccccc2)n1. The molecule has 2 aromatic rings. The van der Waals surface area contributed by atoms with Gasteiger partial charge in [0.1, 0.15) is 6.33 Å². The molecule has 0 fully saturated rings. The lowest BCUT2D eigenvalue weighted by molar-refractivity contribution is -0.119. The van der Waals surface area contributed by atoms with Gasteiger partial charge in [-0.3, -0.25) is 9.48 Å². The van der Waals surface area contributed by atoms with Crippen LogP contribution in [0.25, 0.3) is 0 Å². The van der Waals surface area contributed by atoms with Crippen LogP contribution < -0.4 is 10.6 Å². The van der Waals surface area contributed by atoms with Gasteiger partial charge in [-0.15, -0.1) is 12.4 Å². The van der Waals surface area contributed by atoms with Crippen LogP contribution in [0.1, 0.15) is 5.82 Å². The zero-order chi connectivity index (χ0) is 13.5. The summed E-state index contributed by atoms with van der Waals surface area (Å²) < 4.78 is 1.65. The van der Waals surface area contributed by atoms with Gasteiger partial charge >= 0.3 is 0 Å². The number of nitrogens with one attached hydrogen (secondary N) is 2. The van der Waals surface area contributed by atoms with E-state index in [4.69, 9.17) is 0 Å². The first-order chi connectivity index (χ1) is 9.24. The molecule has 2 rings (SSSR count). The lowest BCUT2D eigenvalue weighted by atomic mass is 10.3. The summed E-state index contributed by atoms with van der Waals surface area (Å²) in [5, 5.41) is 10.0. The number of hydrogen-bond acceptors (Lipinski definition) is 4. The molecule has 0 radical (unpaired) electrons. The average Bonchev–Trinajstić information content (AvgIpc) is 2.83. The van der Waals surface area contributed by atoms with Crippen LogP contribution in [-0.2, 0) is 18.3 Å². The number of amides is 1. The van der Waals surface area contributed by atoms with Crippen molar-refractivity contribution in [3.8, 4) is 0 Å². The summed E-state index contributed by atoms with van der Waals surface area (Å²) in [6.07, 6.45) is 2.28. The molecule has 2 N–H and O–H groups in total. The van der Waals surface area contributed by atoms with Gasteiger partial charge in [-0.25, -0.2) is 4.98 Å². The maximum absolute atomic E-state index is 11.6. The van der Waals surface area contributed by atoms with Gasteiger partial charge in [-0.2, -0.15) is 5.10 Å². The van der Waals surface area contributed by atoms with Crippen molar-refractivity contribution in [2.45, 2.75) is 6.42 Å². The predicted molar refractivity (Wildman–Crippen MR) is 79.9 cm³/mol. The fraction of sp³-hybridized carbons (Fsp3) is 0.308. The molecule has 0 aliphatic carbocycles. The standard InChI is InChI=1S/C13H17N5O.ClH/c1-18-10-16-12(17-18)7-8-14-13(19)9-15-11-5-3-2-4-6-11;/h2-6,10,15H,7-9H2,1H3,(H,14,19);1H. The van der Waals surface area contributed by atoms with Gasteiger partial charge in [0.05, 0.1) is 6.54 Å². The fourth-order valence-corrected chi connectivity index (χ4v) is 1.61. The Kier molecular flexibility index (Phi) is 6.52. The number of aryl methyl sites for hydroxylation is 1. The van der Waals surface area contributed by atoms with Crippen LogP contribution in [-0.4, -0.2) is 33.8 Å². The topological polar surface area (TPSA) is 71.8 Å². The molecule has 0 aliphatic heterocycles. The Labute approximate surface area is 124 Å². The largest absolute Gasteiger partial charge is 0.376 e. The van der Waals surface area contributed by atoms with E-state index in [0.717, 1.165) is 11.5 Å². The zero-order valence-electron chi connectivity index (χ0n) is 11.2. The second-order valence-electron chi connectivity index (χ2n) is 4.15. The Morgan fingerprint density at radius 2 is 2.05 bits per heavy atom. The third kappa shape index (κ3) is 5.27. The average molecular weight is 296 g/mol. The molecule has 0 unspecified atom stereocenters. The van der Waals surface area contributed by atoms with Crippen LogP contribution in [0, 0.1) is 0 Å². The quantitative estimate of drug-likeness (QED) is 0.834. The number of benzene rings is 1. The first kappa shape index (κ1) is 16.0. The number of anilines is 1. The fourth-order valence-electron chi connectivity index (χ4n) is 1.61. The summed E-state index contributed by atoms with van der Waals surface area (Å²) in [6.45, 7) is 0.805. The molecule has 1 aromatic carbocycles. The molecule has 0 saturated carbocycles. The van der Waals surface area contributed by atoms with Crippen molar-refractivity contribution >= 4 is 24.0 Å². The molecule has 1 aromatic heterocycles. The number of para-hydroxylation sites is 1. The van der Waals surface area contributed by atoms with Gasteiger partial charge in [0.15, 0.2) is 5.82 Å². The highest BCUT2D eigenvalue weighted by molar-refractivity contribution is 5.85. The Morgan fingerprint density at radius 3 is 2.70 bits per heavy atom. The molecule has 7 heteroatoms.